The van der Waals surface area contributed by atoms with E-state index in [4.69, 9.17) is 4.98 Å². The Morgan fingerprint density at radius 1 is 1.03 bits per heavy atom. The topological polar surface area (TPSA) is 73.8 Å². The van der Waals surface area contributed by atoms with Crippen molar-refractivity contribution < 1.29 is 14.4 Å². The van der Waals surface area contributed by atoms with Crippen molar-refractivity contribution in [1.29, 1.82) is 0 Å². The van der Waals surface area contributed by atoms with Gasteiger partial charge in [-0.25, -0.2) is 4.98 Å². The van der Waals surface area contributed by atoms with Gasteiger partial charge in [0.15, 0.2) is 5.13 Å². The number of imide groups is 1. The first kappa shape index (κ1) is 25.8. The lowest BCUT2D eigenvalue weighted by Gasteiger charge is -2.22. The van der Waals surface area contributed by atoms with E-state index in [0.717, 1.165) is 28.7 Å². The molecule has 1 aliphatic rings. The van der Waals surface area contributed by atoms with Gasteiger partial charge >= 0.3 is 0 Å². The summed E-state index contributed by atoms with van der Waals surface area (Å²) in [6, 6.07) is 10.9. The average Bonchev–Trinajstić information content (AvgIpc) is 3.33. The summed E-state index contributed by atoms with van der Waals surface area (Å²) in [5.41, 5.74) is 4.10. The first-order valence-electron chi connectivity index (χ1n) is 11.0. The molecule has 0 spiro atoms. The third kappa shape index (κ3) is 5.29. The van der Waals surface area contributed by atoms with Crippen LogP contribution in [0, 0.1) is 13.8 Å². The predicted octanol–water partition coefficient (Wildman–Crippen LogP) is 4.59. The van der Waals surface area contributed by atoms with Crippen molar-refractivity contribution in [3.05, 3.63) is 53.1 Å². The van der Waals surface area contributed by atoms with Gasteiger partial charge in [-0.3, -0.25) is 24.2 Å². The Kier molecular flexibility index (Phi) is 8.07. The summed E-state index contributed by atoms with van der Waals surface area (Å²) in [5.74, 6) is -0.657. The molecule has 9 heteroatoms. The van der Waals surface area contributed by atoms with E-state index in [1.54, 1.807) is 29.2 Å². The highest BCUT2D eigenvalue weighted by Gasteiger charge is 2.31. The van der Waals surface area contributed by atoms with Crippen molar-refractivity contribution >= 4 is 62.5 Å². The molecule has 1 aliphatic heterocycles. The number of halogens is 1. The molecule has 2 heterocycles. The van der Waals surface area contributed by atoms with Crippen LogP contribution >= 0.6 is 23.7 Å². The Bertz CT molecular complexity index is 1190. The molecule has 1 aromatic heterocycles. The zero-order valence-electron chi connectivity index (χ0n) is 19.8. The molecular weight excluding hydrogens is 472 g/mol. The Hall–Kier alpha value is -2.81. The van der Waals surface area contributed by atoms with Crippen LogP contribution in [0.2, 0.25) is 0 Å². The molecule has 0 atom stereocenters. The Balaban J connectivity index is 0.00000324. The summed E-state index contributed by atoms with van der Waals surface area (Å²) in [4.78, 5) is 47.8. The number of nitrogens with zero attached hydrogens (tertiary/aromatic N) is 4. The number of aryl methyl sites for hydroxylation is 2. The monoisotopic (exact) mass is 500 g/mol. The number of fused-ring (bicyclic) bond motifs is 1. The normalized spacial score (nSPS) is 13.6. The molecule has 7 nitrogen and oxygen atoms in total. The van der Waals surface area contributed by atoms with E-state index in [1.165, 1.54) is 21.8 Å². The largest absolute Gasteiger partial charge is 0.309 e. The number of benzene rings is 2. The first-order chi connectivity index (χ1) is 15.7. The molecule has 1 saturated heterocycles. The second kappa shape index (κ2) is 10.6. The number of hydrogen-bond acceptors (Lipinski definition) is 6. The first-order valence-corrected chi connectivity index (χ1v) is 11.9. The van der Waals surface area contributed by atoms with E-state index in [9.17, 15) is 14.4 Å². The van der Waals surface area contributed by atoms with Gasteiger partial charge in [-0.05, 0) is 82.4 Å². The number of thiazole rings is 1. The van der Waals surface area contributed by atoms with Gasteiger partial charge in [-0.2, -0.15) is 0 Å². The van der Waals surface area contributed by atoms with Gasteiger partial charge in [0.1, 0.15) is 0 Å². The Morgan fingerprint density at radius 3 is 2.38 bits per heavy atom. The summed E-state index contributed by atoms with van der Waals surface area (Å²) in [5, 5.41) is 0.650. The van der Waals surface area contributed by atoms with Gasteiger partial charge in [0, 0.05) is 24.9 Å². The van der Waals surface area contributed by atoms with Gasteiger partial charge in [-0.15, -0.1) is 12.4 Å². The summed E-state index contributed by atoms with van der Waals surface area (Å²) in [7, 11) is 4.01. The summed E-state index contributed by atoms with van der Waals surface area (Å²) in [6.45, 7) is 5.48. The molecule has 4 rings (SSSR count). The lowest BCUT2D eigenvalue weighted by Crippen LogP contribution is -2.34. The van der Waals surface area contributed by atoms with Crippen LogP contribution < -0.4 is 9.80 Å². The van der Waals surface area contributed by atoms with Crippen molar-refractivity contribution in [3.63, 3.8) is 0 Å². The number of carbonyl (C=O) groups excluding carboxylic acids is 3. The van der Waals surface area contributed by atoms with Crippen LogP contribution in [0.25, 0.3) is 10.2 Å². The number of aromatic nitrogens is 1. The summed E-state index contributed by atoms with van der Waals surface area (Å²) < 4.78 is 1.04. The maximum Gasteiger partial charge on any atom is 0.260 e. The summed E-state index contributed by atoms with van der Waals surface area (Å²) >= 11 is 1.50. The van der Waals surface area contributed by atoms with Gasteiger partial charge in [0.2, 0.25) is 11.8 Å². The third-order valence-electron chi connectivity index (χ3n) is 5.86. The average molecular weight is 501 g/mol. The van der Waals surface area contributed by atoms with Gasteiger partial charge in [0.25, 0.3) is 5.91 Å². The molecule has 0 aliphatic carbocycles. The van der Waals surface area contributed by atoms with Gasteiger partial charge < -0.3 is 4.90 Å². The third-order valence-corrected chi connectivity index (χ3v) is 6.90. The maximum atomic E-state index is 13.7. The van der Waals surface area contributed by atoms with Crippen LogP contribution in [0.4, 0.5) is 10.8 Å². The minimum Gasteiger partial charge on any atom is -0.309 e. The number of rotatable bonds is 7. The van der Waals surface area contributed by atoms with Gasteiger partial charge in [-0.1, -0.05) is 17.4 Å². The molecule has 3 amide bonds. The lowest BCUT2D eigenvalue weighted by atomic mass is 10.1. The zero-order chi connectivity index (χ0) is 23.7. The molecule has 1 fully saturated rings. The molecule has 0 unspecified atom stereocenters. The minimum absolute atomic E-state index is 0. The van der Waals surface area contributed by atoms with E-state index in [-0.39, 0.29) is 43.0 Å². The smallest absolute Gasteiger partial charge is 0.260 e. The number of carbonyl (C=O) groups is 3. The number of amides is 3. The number of hydrogen-bond donors (Lipinski definition) is 0. The molecule has 0 N–H and O–H groups in total. The van der Waals surface area contributed by atoms with E-state index in [1.807, 2.05) is 14.1 Å². The van der Waals surface area contributed by atoms with Crippen molar-refractivity contribution in [2.45, 2.75) is 33.1 Å². The van der Waals surface area contributed by atoms with Crippen molar-refractivity contribution in [3.8, 4) is 0 Å². The van der Waals surface area contributed by atoms with Crippen LogP contribution in [-0.4, -0.2) is 54.8 Å². The minimum atomic E-state index is -0.232. The molecular formula is C25H29ClN4O3S. The highest BCUT2D eigenvalue weighted by Crippen LogP contribution is 2.32. The van der Waals surface area contributed by atoms with Crippen LogP contribution in [0.5, 0.6) is 0 Å². The van der Waals surface area contributed by atoms with Crippen LogP contribution in [0.15, 0.2) is 36.4 Å². The Labute approximate surface area is 209 Å². The quantitative estimate of drug-likeness (QED) is 0.444. The van der Waals surface area contributed by atoms with E-state index in [0.29, 0.717) is 22.9 Å². The molecule has 180 valence electrons. The van der Waals surface area contributed by atoms with E-state index in [2.05, 4.69) is 30.9 Å². The molecule has 0 radical (unpaired) electrons. The van der Waals surface area contributed by atoms with Crippen LogP contribution in [0.3, 0.4) is 0 Å². The zero-order valence-corrected chi connectivity index (χ0v) is 21.5. The highest BCUT2D eigenvalue weighted by molar-refractivity contribution is 7.22. The van der Waals surface area contributed by atoms with Crippen LogP contribution in [0.1, 0.15) is 40.7 Å². The number of anilines is 2. The van der Waals surface area contributed by atoms with E-state index >= 15 is 0 Å². The van der Waals surface area contributed by atoms with Crippen molar-refractivity contribution in [2.24, 2.45) is 0 Å². The molecule has 34 heavy (non-hydrogen) atoms. The molecule has 3 aromatic rings. The maximum absolute atomic E-state index is 13.7. The van der Waals surface area contributed by atoms with Gasteiger partial charge in [0.05, 0.1) is 15.9 Å². The van der Waals surface area contributed by atoms with E-state index < -0.39 is 0 Å². The van der Waals surface area contributed by atoms with Crippen LogP contribution in [-0.2, 0) is 9.59 Å². The standard InChI is InChI=1S/C25H28N4O3S.ClH/c1-16-13-20-21(14-17(16)2)33-25(26-20)28(12-6-11-27(3)4)24(32)18-7-5-8-19(15-18)29-22(30)9-10-23(29)31;/h5,7-8,13-15H,6,9-12H2,1-4H3;1H. The SMILES string of the molecule is Cc1cc2nc(N(CCCN(C)C)C(=O)c3cccc(N4C(=O)CCC4=O)c3)sc2cc1C.Cl. The summed E-state index contributed by atoms with van der Waals surface area (Å²) in [6.07, 6.45) is 1.20. The fourth-order valence-corrected chi connectivity index (χ4v) is 4.98. The fraction of sp³-hybridized carbons (Fsp3) is 0.360. The Morgan fingerprint density at radius 2 is 1.71 bits per heavy atom. The lowest BCUT2D eigenvalue weighted by molar-refractivity contribution is -0.121. The fourth-order valence-electron chi connectivity index (χ4n) is 3.91. The second-order valence-electron chi connectivity index (χ2n) is 8.69. The van der Waals surface area contributed by atoms with Crippen molar-refractivity contribution in [2.75, 3.05) is 37.0 Å². The predicted molar refractivity (Wildman–Crippen MR) is 139 cm³/mol. The molecule has 0 saturated carbocycles. The molecule has 2 aromatic carbocycles. The van der Waals surface area contributed by atoms with Crippen molar-refractivity contribution in [1.82, 2.24) is 9.88 Å². The molecule has 0 bridgehead atoms. The highest BCUT2D eigenvalue weighted by atomic mass is 35.5. The second-order valence-corrected chi connectivity index (χ2v) is 9.70.